The molecule has 2 rings (SSSR count). The number of hydrogen-bond acceptors (Lipinski definition) is 3. The number of nitrogens with zero attached hydrogens (tertiary/aromatic N) is 2. The SMILES string of the molecule is O=C(O)CC(CCc1ccccn1)c1ccccn1. The van der Waals surface area contributed by atoms with Gasteiger partial charge in [0.05, 0.1) is 6.42 Å². The van der Waals surface area contributed by atoms with E-state index in [-0.39, 0.29) is 12.3 Å². The normalized spacial score (nSPS) is 12.0. The Balaban J connectivity index is 2.04. The van der Waals surface area contributed by atoms with Crippen LogP contribution in [0, 0.1) is 0 Å². The number of rotatable bonds is 6. The van der Waals surface area contributed by atoms with Gasteiger partial charge in [-0.3, -0.25) is 14.8 Å². The van der Waals surface area contributed by atoms with Crippen LogP contribution in [-0.2, 0) is 11.2 Å². The van der Waals surface area contributed by atoms with Gasteiger partial charge in [0.2, 0.25) is 0 Å². The van der Waals surface area contributed by atoms with E-state index in [1.807, 2.05) is 36.4 Å². The molecule has 2 aromatic heterocycles. The van der Waals surface area contributed by atoms with Gasteiger partial charge in [0.25, 0.3) is 0 Å². The molecule has 2 heterocycles. The maximum atomic E-state index is 11.0. The minimum atomic E-state index is -0.795. The average molecular weight is 256 g/mol. The van der Waals surface area contributed by atoms with Crippen LogP contribution < -0.4 is 0 Å². The molecule has 0 fully saturated rings. The van der Waals surface area contributed by atoms with Crippen molar-refractivity contribution in [1.29, 1.82) is 0 Å². The quantitative estimate of drug-likeness (QED) is 0.863. The van der Waals surface area contributed by atoms with Gasteiger partial charge in [0.1, 0.15) is 0 Å². The fraction of sp³-hybridized carbons (Fsp3) is 0.267. The van der Waals surface area contributed by atoms with Crippen LogP contribution in [0.3, 0.4) is 0 Å². The van der Waals surface area contributed by atoms with Gasteiger partial charge in [-0.15, -0.1) is 0 Å². The second kappa shape index (κ2) is 6.64. The molecule has 0 amide bonds. The smallest absolute Gasteiger partial charge is 0.304 e. The molecule has 1 N–H and O–H groups in total. The third-order valence-corrected chi connectivity index (χ3v) is 3.00. The molecule has 4 nitrogen and oxygen atoms in total. The van der Waals surface area contributed by atoms with Gasteiger partial charge in [-0.2, -0.15) is 0 Å². The first-order valence-corrected chi connectivity index (χ1v) is 6.28. The van der Waals surface area contributed by atoms with E-state index in [0.29, 0.717) is 0 Å². The van der Waals surface area contributed by atoms with Crippen LogP contribution in [0.5, 0.6) is 0 Å². The van der Waals surface area contributed by atoms with Crippen molar-refractivity contribution in [2.45, 2.75) is 25.2 Å². The van der Waals surface area contributed by atoms with Crippen LogP contribution in [0.2, 0.25) is 0 Å². The van der Waals surface area contributed by atoms with Gasteiger partial charge in [0.15, 0.2) is 0 Å². The third kappa shape index (κ3) is 4.17. The Morgan fingerprint density at radius 3 is 2.42 bits per heavy atom. The molecule has 98 valence electrons. The second-order valence-electron chi connectivity index (χ2n) is 4.41. The third-order valence-electron chi connectivity index (χ3n) is 3.00. The Morgan fingerprint density at radius 2 is 1.84 bits per heavy atom. The molecule has 0 aliphatic heterocycles. The summed E-state index contributed by atoms with van der Waals surface area (Å²) in [6, 6.07) is 11.4. The molecule has 0 aromatic carbocycles. The topological polar surface area (TPSA) is 63.1 Å². The van der Waals surface area contributed by atoms with Crippen molar-refractivity contribution in [2.75, 3.05) is 0 Å². The zero-order chi connectivity index (χ0) is 13.5. The van der Waals surface area contributed by atoms with Crippen LogP contribution in [0.15, 0.2) is 48.8 Å². The number of carboxylic acids is 1. The molecule has 2 aromatic rings. The summed E-state index contributed by atoms with van der Waals surface area (Å²) in [5.41, 5.74) is 1.81. The summed E-state index contributed by atoms with van der Waals surface area (Å²) < 4.78 is 0. The number of aliphatic carboxylic acids is 1. The molecule has 0 bridgehead atoms. The molecule has 4 heteroatoms. The summed E-state index contributed by atoms with van der Waals surface area (Å²) in [7, 11) is 0. The second-order valence-corrected chi connectivity index (χ2v) is 4.41. The lowest BCUT2D eigenvalue weighted by Gasteiger charge is -2.13. The summed E-state index contributed by atoms with van der Waals surface area (Å²) in [5, 5.41) is 9.00. The van der Waals surface area contributed by atoms with Gasteiger partial charge in [-0.25, -0.2) is 0 Å². The van der Waals surface area contributed by atoms with Crippen molar-refractivity contribution < 1.29 is 9.90 Å². The van der Waals surface area contributed by atoms with Crippen molar-refractivity contribution >= 4 is 5.97 Å². The van der Waals surface area contributed by atoms with E-state index in [9.17, 15) is 4.79 Å². The highest BCUT2D eigenvalue weighted by atomic mass is 16.4. The lowest BCUT2D eigenvalue weighted by atomic mass is 9.94. The maximum Gasteiger partial charge on any atom is 0.304 e. The van der Waals surface area contributed by atoms with Crippen molar-refractivity contribution in [3.05, 3.63) is 60.2 Å². The van der Waals surface area contributed by atoms with E-state index in [2.05, 4.69) is 9.97 Å². The Labute approximate surface area is 112 Å². The van der Waals surface area contributed by atoms with Crippen molar-refractivity contribution in [2.24, 2.45) is 0 Å². The van der Waals surface area contributed by atoms with Gasteiger partial charge in [0, 0.05) is 29.7 Å². The van der Waals surface area contributed by atoms with Crippen LogP contribution in [0.25, 0.3) is 0 Å². The molecular weight excluding hydrogens is 240 g/mol. The zero-order valence-electron chi connectivity index (χ0n) is 10.6. The fourth-order valence-electron chi connectivity index (χ4n) is 2.05. The Morgan fingerprint density at radius 1 is 1.11 bits per heavy atom. The number of aromatic nitrogens is 2. The van der Waals surface area contributed by atoms with Crippen LogP contribution in [0.4, 0.5) is 0 Å². The molecule has 0 spiro atoms. The minimum Gasteiger partial charge on any atom is -0.481 e. The highest BCUT2D eigenvalue weighted by Gasteiger charge is 2.16. The fourth-order valence-corrected chi connectivity index (χ4v) is 2.05. The van der Waals surface area contributed by atoms with E-state index in [0.717, 1.165) is 24.2 Å². The molecule has 0 aliphatic carbocycles. The molecule has 0 aliphatic rings. The number of hydrogen-bond donors (Lipinski definition) is 1. The predicted molar refractivity (Wildman–Crippen MR) is 71.8 cm³/mol. The van der Waals surface area contributed by atoms with Crippen LogP contribution >= 0.6 is 0 Å². The van der Waals surface area contributed by atoms with Crippen molar-refractivity contribution in [1.82, 2.24) is 9.97 Å². The van der Waals surface area contributed by atoms with E-state index >= 15 is 0 Å². The van der Waals surface area contributed by atoms with E-state index in [1.54, 1.807) is 12.4 Å². The zero-order valence-corrected chi connectivity index (χ0v) is 10.6. The van der Waals surface area contributed by atoms with E-state index in [1.165, 1.54) is 0 Å². The molecule has 19 heavy (non-hydrogen) atoms. The van der Waals surface area contributed by atoms with Crippen molar-refractivity contribution in [3.8, 4) is 0 Å². The minimum absolute atomic E-state index is 0.0688. The standard InChI is InChI=1S/C15H16N2O2/c18-15(19)11-12(14-6-2-4-10-17-14)7-8-13-5-1-3-9-16-13/h1-6,9-10,12H,7-8,11H2,(H,18,19). The van der Waals surface area contributed by atoms with Gasteiger partial charge < -0.3 is 5.11 Å². The molecular formula is C15H16N2O2. The molecule has 0 saturated heterocycles. The Hall–Kier alpha value is -2.23. The first-order valence-electron chi connectivity index (χ1n) is 6.28. The summed E-state index contributed by atoms with van der Waals surface area (Å²) in [5.74, 6) is -0.864. The summed E-state index contributed by atoms with van der Waals surface area (Å²) in [6.45, 7) is 0. The molecule has 1 unspecified atom stereocenters. The van der Waals surface area contributed by atoms with E-state index in [4.69, 9.17) is 5.11 Å². The number of pyridine rings is 2. The Kier molecular flexibility index (Phi) is 4.61. The predicted octanol–water partition coefficient (Wildman–Crippen LogP) is 2.67. The summed E-state index contributed by atoms with van der Waals surface area (Å²) >= 11 is 0. The van der Waals surface area contributed by atoms with Crippen LogP contribution in [-0.4, -0.2) is 21.0 Å². The number of carbonyl (C=O) groups is 1. The first kappa shape index (κ1) is 13.2. The summed E-state index contributed by atoms with van der Waals surface area (Å²) in [4.78, 5) is 19.5. The Bertz CT molecular complexity index is 514. The maximum absolute atomic E-state index is 11.0. The highest BCUT2D eigenvalue weighted by molar-refractivity contribution is 5.67. The van der Waals surface area contributed by atoms with E-state index < -0.39 is 5.97 Å². The molecule has 0 saturated carbocycles. The molecule has 0 radical (unpaired) electrons. The molecule has 1 atom stereocenters. The van der Waals surface area contributed by atoms with Gasteiger partial charge >= 0.3 is 5.97 Å². The van der Waals surface area contributed by atoms with Gasteiger partial charge in [-0.1, -0.05) is 12.1 Å². The van der Waals surface area contributed by atoms with Crippen molar-refractivity contribution in [3.63, 3.8) is 0 Å². The van der Waals surface area contributed by atoms with Crippen LogP contribution in [0.1, 0.15) is 30.1 Å². The summed E-state index contributed by atoms with van der Waals surface area (Å²) in [6.07, 6.45) is 5.05. The number of aryl methyl sites for hydroxylation is 1. The van der Waals surface area contributed by atoms with Gasteiger partial charge in [-0.05, 0) is 37.1 Å². The number of carboxylic acid groups (broad SMARTS) is 1. The largest absolute Gasteiger partial charge is 0.481 e. The average Bonchev–Trinajstić information content (AvgIpc) is 2.45. The first-order chi connectivity index (χ1) is 9.25. The monoisotopic (exact) mass is 256 g/mol. The lowest BCUT2D eigenvalue weighted by Crippen LogP contribution is -2.09. The lowest BCUT2D eigenvalue weighted by molar-refractivity contribution is -0.137. The highest BCUT2D eigenvalue weighted by Crippen LogP contribution is 2.23.